The molecule has 1 amide bonds. The number of phenolic OH excluding ortho intramolecular Hbond substituents is 1. The fourth-order valence-corrected chi connectivity index (χ4v) is 1.67. The van der Waals surface area contributed by atoms with Gasteiger partial charge in [-0.25, -0.2) is 10.1 Å². The first-order valence-corrected chi connectivity index (χ1v) is 5.81. The lowest BCUT2D eigenvalue weighted by atomic mass is 10.2. The number of para-hydroxylation sites is 1. The summed E-state index contributed by atoms with van der Waals surface area (Å²) in [4.78, 5) is 11.7. The summed E-state index contributed by atoms with van der Waals surface area (Å²) in [6, 6.07) is 6.06. The fraction of sp³-hybridized carbons (Fsp3) is 0.154. The van der Waals surface area contributed by atoms with E-state index in [1.807, 2.05) is 0 Å². The van der Waals surface area contributed by atoms with Gasteiger partial charge in [0.2, 0.25) is 5.95 Å². The van der Waals surface area contributed by atoms with E-state index in [0.717, 1.165) is 4.68 Å². The molecule has 0 saturated carbocycles. The standard InChI is InChI=1S/C13H13FN4O2/c1-8-10(12(14)18(2)17-8)7-15-16-13(20)9-5-3-4-6-11(9)19/h3-7,19H,1-2H3,(H,16,20)/b15-7+. The van der Waals surface area contributed by atoms with Crippen LogP contribution in [0, 0.1) is 12.9 Å². The molecule has 0 aliphatic rings. The monoisotopic (exact) mass is 276 g/mol. The molecule has 0 bridgehead atoms. The van der Waals surface area contributed by atoms with E-state index in [1.165, 1.54) is 25.4 Å². The lowest BCUT2D eigenvalue weighted by Crippen LogP contribution is -2.17. The minimum atomic E-state index is -0.582. The molecular formula is C13H13FN4O2. The molecule has 0 fully saturated rings. The van der Waals surface area contributed by atoms with Crippen molar-refractivity contribution in [3.63, 3.8) is 0 Å². The van der Waals surface area contributed by atoms with Gasteiger partial charge in [0, 0.05) is 7.05 Å². The predicted molar refractivity (Wildman–Crippen MR) is 71.1 cm³/mol. The fourth-order valence-electron chi connectivity index (χ4n) is 1.67. The third-order valence-electron chi connectivity index (χ3n) is 2.70. The molecule has 2 aromatic rings. The highest BCUT2D eigenvalue weighted by molar-refractivity contribution is 5.97. The largest absolute Gasteiger partial charge is 0.507 e. The second-order valence-electron chi connectivity index (χ2n) is 4.13. The summed E-state index contributed by atoms with van der Waals surface area (Å²) in [5.74, 6) is -1.27. The molecule has 0 aliphatic heterocycles. The normalized spacial score (nSPS) is 10.9. The molecule has 2 N–H and O–H groups in total. The summed E-state index contributed by atoms with van der Waals surface area (Å²) in [6.07, 6.45) is 1.18. The van der Waals surface area contributed by atoms with Gasteiger partial charge in [0.15, 0.2) is 0 Å². The second-order valence-corrected chi connectivity index (χ2v) is 4.13. The molecule has 0 aliphatic carbocycles. The molecule has 104 valence electrons. The average Bonchev–Trinajstić information content (AvgIpc) is 2.65. The first-order chi connectivity index (χ1) is 9.50. The van der Waals surface area contributed by atoms with Crippen molar-refractivity contribution in [2.45, 2.75) is 6.92 Å². The maximum Gasteiger partial charge on any atom is 0.275 e. The van der Waals surface area contributed by atoms with Gasteiger partial charge in [-0.05, 0) is 19.1 Å². The van der Waals surface area contributed by atoms with Crippen molar-refractivity contribution in [1.82, 2.24) is 15.2 Å². The first-order valence-electron chi connectivity index (χ1n) is 5.81. The van der Waals surface area contributed by atoms with Crippen LogP contribution in [0.5, 0.6) is 5.75 Å². The van der Waals surface area contributed by atoms with Crippen molar-refractivity contribution in [2.75, 3.05) is 0 Å². The number of halogens is 1. The van der Waals surface area contributed by atoms with Crippen LogP contribution in [0.15, 0.2) is 29.4 Å². The molecule has 1 aromatic carbocycles. The van der Waals surface area contributed by atoms with E-state index in [2.05, 4.69) is 15.6 Å². The molecule has 7 heteroatoms. The summed E-state index contributed by atoms with van der Waals surface area (Å²) in [7, 11) is 1.47. The maximum absolute atomic E-state index is 13.6. The Morgan fingerprint density at radius 2 is 2.20 bits per heavy atom. The molecule has 0 unspecified atom stereocenters. The van der Waals surface area contributed by atoms with Crippen molar-refractivity contribution in [1.29, 1.82) is 0 Å². The van der Waals surface area contributed by atoms with Crippen LogP contribution in [0.3, 0.4) is 0 Å². The number of benzene rings is 1. The quantitative estimate of drug-likeness (QED) is 0.655. The number of rotatable bonds is 3. The SMILES string of the molecule is Cc1nn(C)c(F)c1/C=N/NC(=O)c1ccccc1O. The van der Waals surface area contributed by atoms with Crippen LogP contribution in [0.1, 0.15) is 21.6 Å². The van der Waals surface area contributed by atoms with E-state index in [4.69, 9.17) is 0 Å². The Morgan fingerprint density at radius 1 is 1.50 bits per heavy atom. The van der Waals surface area contributed by atoms with Crippen LogP contribution in [-0.4, -0.2) is 27.0 Å². The molecule has 0 radical (unpaired) electrons. The number of carbonyl (C=O) groups is 1. The zero-order chi connectivity index (χ0) is 14.7. The lowest BCUT2D eigenvalue weighted by Gasteiger charge is -2.01. The van der Waals surface area contributed by atoms with E-state index in [1.54, 1.807) is 19.1 Å². The van der Waals surface area contributed by atoms with Crippen molar-refractivity contribution >= 4 is 12.1 Å². The minimum Gasteiger partial charge on any atom is -0.507 e. The molecular weight excluding hydrogens is 263 g/mol. The van der Waals surface area contributed by atoms with E-state index >= 15 is 0 Å². The molecule has 2 rings (SSSR count). The van der Waals surface area contributed by atoms with Gasteiger partial charge in [0.05, 0.1) is 23.0 Å². The van der Waals surface area contributed by atoms with Crippen molar-refractivity contribution in [3.8, 4) is 5.75 Å². The topological polar surface area (TPSA) is 79.5 Å². The van der Waals surface area contributed by atoms with Crippen LogP contribution in [0.25, 0.3) is 0 Å². The Labute approximate surface area is 114 Å². The molecule has 1 heterocycles. The third kappa shape index (κ3) is 2.66. The number of nitrogens with one attached hydrogen (secondary N) is 1. The van der Waals surface area contributed by atoms with E-state index in [-0.39, 0.29) is 16.9 Å². The Balaban J connectivity index is 2.11. The number of amides is 1. The highest BCUT2D eigenvalue weighted by Gasteiger charge is 2.11. The maximum atomic E-state index is 13.6. The number of hydrogen-bond donors (Lipinski definition) is 2. The predicted octanol–water partition coefficient (Wildman–Crippen LogP) is 1.34. The summed E-state index contributed by atoms with van der Waals surface area (Å²) in [6.45, 7) is 1.63. The molecule has 0 atom stereocenters. The number of nitrogens with zero attached hydrogens (tertiary/aromatic N) is 3. The zero-order valence-corrected chi connectivity index (χ0v) is 11.0. The van der Waals surface area contributed by atoms with Crippen molar-refractivity contribution in [3.05, 3.63) is 47.0 Å². The number of phenols is 1. The summed E-state index contributed by atoms with van der Waals surface area (Å²) in [5, 5.41) is 17.0. The van der Waals surface area contributed by atoms with Crippen LogP contribution >= 0.6 is 0 Å². The third-order valence-corrected chi connectivity index (χ3v) is 2.70. The van der Waals surface area contributed by atoms with Gasteiger partial charge in [0.1, 0.15) is 5.75 Å². The second kappa shape index (κ2) is 5.52. The van der Waals surface area contributed by atoms with Crippen LogP contribution < -0.4 is 5.43 Å². The highest BCUT2D eigenvalue weighted by atomic mass is 19.1. The molecule has 0 spiro atoms. The first kappa shape index (κ1) is 13.7. The van der Waals surface area contributed by atoms with Gasteiger partial charge >= 0.3 is 0 Å². The van der Waals surface area contributed by atoms with Gasteiger partial charge < -0.3 is 5.11 Å². The van der Waals surface area contributed by atoms with Gasteiger partial charge in [-0.2, -0.15) is 14.6 Å². The van der Waals surface area contributed by atoms with Crippen LogP contribution in [0.2, 0.25) is 0 Å². The van der Waals surface area contributed by atoms with Crippen molar-refractivity contribution < 1.29 is 14.3 Å². The summed E-state index contributed by atoms with van der Waals surface area (Å²) in [5.41, 5.74) is 2.97. The number of carbonyl (C=O) groups excluding carboxylic acids is 1. The Hall–Kier alpha value is -2.70. The molecule has 6 nitrogen and oxygen atoms in total. The average molecular weight is 276 g/mol. The van der Waals surface area contributed by atoms with Crippen LogP contribution in [-0.2, 0) is 7.05 Å². The van der Waals surface area contributed by atoms with Gasteiger partial charge in [0.25, 0.3) is 5.91 Å². The number of hydrogen-bond acceptors (Lipinski definition) is 4. The molecule has 0 saturated heterocycles. The molecule has 1 aromatic heterocycles. The summed E-state index contributed by atoms with van der Waals surface area (Å²) < 4.78 is 14.7. The number of hydrazone groups is 1. The van der Waals surface area contributed by atoms with Gasteiger partial charge in [-0.15, -0.1) is 0 Å². The Bertz CT molecular complexity index is 679. The summed E-state index contributed by atoms with van der Waals surface area (Å²) >= 11 is 0. The minimum absolute atomic E-state index is 0.0908. The molecule has 20 heavy (non-hydrogen) atoms. The van der Waals surface area contributed by atoms with E-state index in [0.29, 0.717) is 5.69 Å². The highest BCUT2D eigenvalue weighted by Crippen LogP contribution is 2.15. The van der Waals surface area contributed by atoms with Crippen LogP contribution in [0.4, 0.5) is 4.39 Å². The number of aromatic hydroxyl groups is 1. The smallest absolute Gasteiger partial charge is 0.275 e. The lowest BCUT2D eigenvalue weighted by molar-refractivity contribution is 0.0952. The number of aromatic nitrogens is 2. The van der Waals surface area contributed by atoms with Gasteiger partial charge in [-0.1, -0.05) is 12.1 Å². The van der Waals surface area contributed by atoms with E-state index in [9.17, 15) is 14.3 Å². The number of aryl methyl sites for hydroxylation is 2. The Kier molecular flexibility index (Phi) is 3.79. The zero-order valence-electron chi connectivity index (χ0n) is 11.0. The Morgan fingerprint density at radius 3 is 2.80 bits per heavy atom. The van der Waals surface area contributed by atoms with E-state index < -0.39 is 11.9 Å². The van der Waals surface area contributed by atoms with Gasteiger partial charge in [-0.3, -0.25) is 4.79 Å². The van der Waals surface area contributed by atoms with Crippen molar-refractivity contribution in [2.24, 2.45) is 12.1 Å².